The summed E-state index contributed by atoms with van der Waals surface area (Å²) in [6, 6.07) is 9.64. The second-order valence-electron chi connectivity index (χ2n) is 4.28. The average Bonchev–Trinajstić information content (AvgIpc) is 2.46. The summed E-state index contributed by atoms with van der Waals surface area (Å²) in [4.78, 5) is 10.9. The van der Waals surface area contributed by atoms with E-state index in [9.17, 15) is 13.2 Å². The zero-order chi connectivity index (χ0) is 16.3. The van der Waals surface area contributed by atoms with Gasteiger partial charge >= 0.3 is 5.97 Å². The van der Waals surface area contributed by atoms with Crippen molar-refractivity contribution in [2.45, 2.75) is 4.90 Å². The first-order chi connectivity index (χ1) is 10.3. The van der Waals surface area contributed by atoms with Crippen LogP contribution in [0.3, 0.4) is 0 Å². The number of rotatable bonds is 5. The van der Waals surface area contributed by atoms with Crippen LogP contribution in [-0.4, -0.2) is 26.6 Å². The third kappa shape index (κ3) is 3.49. The van der Waals surface area contributed by atoms with Crippen molar-refractivity contribution in [3.05, 3.63) is 53.1 Å². The van der Waals surface area contributed by atoms with Gasteiger partial charge in [-0.2, -0.15) is 0 Å². The van der Waals surface area contributed by atoms with Gasteiger partial charge in [0.05, 0.1) is 28.3 Å². The highest BCUT2D eigenvalue weighted by molar-refractivity contribution is 7.92. The number of hydrogen-bond donors (Lipinski definition) is 2. The number of carbonyl (C=O) groups is 1. The van der Waals surface area contributed by atoms with Crippen molar-refractivity contribution in [1.82, 2.24) is 0 Å². The normalized spacial score (nSPS) is 11.0. The molecule has 2 N–H and O–H groups in total. The summed E-state index contributed by atoms with van der Waals surface area (Å²) >= 11 is 5.81. The van der Waals surface area contributed by atoms with Crippen LogP contribution in [0.25, 0.3) is 0 Å². The maximum Gasteiger partial charge on any atom is 0.337 e. The molecule has 0 heterocycles. The number of methoxy groups -OCH3 is 1. The van der Waals surface area contributed by atoms with E-state index in [2.05, 4.69) is 4.72 Å². The van der Waals surface area contributed by atoms with Crippen LogP contribution < -0.4 is 9.46 Å². The molecule has 0 bridgehead atoms. The van der Waals surface area contributed by atoms with Crippen molar-refractivity contribution in [3.63, 3.8) is 0 Å². The monoisotopic (exact) mass is 341 g/mol. The van der Waals surface area contributed by atoms with E-state index < -0.39 is 16.0 Å². The van der Waals surface area contributed by atoms with Crippen molar-refractivity contribution < 1.29 is 23.1 Å². The van der Waals surface area contributed by atoms with Crippen LogP contribution in [0.5, 0.6) is 5.75 Å². The molecular weight excluding hydrogens is 330 g/mol. The molecule has 0 aromatic heterocycles. The van der Waals surface area contributed by atoms with Crippen molar-refractivity contribution in [1.29, 1.82) is 0 Å². The molecule has 0 saturated carbocycles. The van der Waals surface area contributed by atoms with E-state index in [0.717, 1.165) is 0 Å². The van der Waals surface area contributed by atoms with Gasteiger partial charge < -0.3 is 9.84 Å². The van der Waals surface area contributed by atoms with Gasteiger partial charge in [0.15, 0.2) is 0 Å². The number of hydrogen-bond acceptors (Lipinski definition) is 4. The predicted molar refractivity (Wildman–Crippen MR) is 82.2 cm³/mol. The van der Waals surface area contributed by atoms with Crippen LogP contribution in [0.4, 0.5) is 5.69 Å². The molecule has 0 aliphatic heterocycles. The van der Waals surface area contributed by atoms with Gasteiger partial charge in [-0.3, -0.25) is 4.72 Å². The molecule has 0 amide bonds. The van der Waals surface area contributed by atoms with Crippen LogP contribution in [-0.2, 0) is 10.0 Å². The van der Waals surface area contributed by atoms with Gasteiger partial charge in [0, 0.05) is 0 Å². The van der Waals surface area contributed by atoms with Crippen molar-refractivity contribution >= 4 is 33.3 Å². The summed E-state index contributed by atoms with van der Waals surface area (Å²) in [7, 11) is -2.32. The molecule has 0 spiro atoms. The summed E-state index contributed by atoms with van der Waals surface area (Å²) in [5, 5.41) is 8.83. The van der Waals surface area contributed by atoms with E-state index in [1.807, 2.05) is 0 Å². The van der Waals surface area contributed by atoms with Gasteiger partial charge in [-0.25, -0.2) is 13.2 Å². The molecule has 0 aliphatic carbocycles. The van der Waals surface area contributed by atoms with E-state index in [1.165, 1.54) is 49.6 Å². The van der Waals surface area contributed by atoms with Gasteiger partial charge in [-0.1, -0.05) is 11.6 Å². The number of aromatic carboxylic acids is 1. The summed E-state index contributed by atoms with van der Waals surface area (Å²) in [6.45, 7) is 0. The Labute approximate surface area is 132 Å². The molecule has 2 aromatic carbocycles. The first kappa shape index (κ1) is 16.1. The summed E-state index contributed by atoms with van der Waals surface area (Å²) in [6.07, 6.45) is 0. The third-order valence-electron chi connectivity index (χ3n) is 2.82. The Kier molecular flexibility index (Phi) is 4.58. The molecule has 0 radical (unpaired) electrons. The topological polar surface area (TPSA) is 92.7 Å². The summed E-state index contributed by atoms with van der Waals surface area (Å²) < 4.78 is 31.7. The fraction of sp³-hybridized carbons (Fsp3) is 0.0714. The Morgan fingerprint density at radius 1 is 1.18 bits per heavy atom. The van der Waals surface area contributed by atoms with E-state index in [1.54, 1.807) is 0 Å². The van der Waals surface area contributed by atoms with E-state index in [-0.39, 0.29) is 21.2 Å². The molecule has 0 aliphatic rings. The minimum absolute atomic E-state index is 0.0479. The fourth-order valence-electron chi connectivity index (χ4n) is 1.72. The van der Waals surface area contributed by atoms with Gasteiger partial charge in [-0.15, -0.1) is 0 Å². The third-order valence-corrected chi connectivity index (χ3v) is 4.53. The zero-order valence-electron chi connectivity index (χ0n) is 11.4. The number of nitrogens with one attached hydrogen (secondary N) is 1. The van der Waals surface area contributed by atoms with Crippen molar-refractivity contribution in [2.24, 2.45) is 0 Å². The van der Waals surface area contributed by atoms with Gasteiger partial charge in [0.1, 0.15) is 5.75 Å². The molecule has 0 saturated heterocycles. The fourth-order valence-corrected chi connectivity index (χ4v) is 3.03. The lowest BCUT2D eigenvalue weighted by molar-refractivity contribution is 0.0697. The number of benzene rings is 2. The molecular formula is C14H12ClNO5S. The van der Waals surface area contributed by atoms with Gasteiger partial charge in [-0.05, 0) is 42.5 Å². The van der Waals surface area contributed by atoms with Gasteiger partial charge in [0.2, 0.25) is 0 Å². The predicted octanol–water partition coefficient (Wildman–Crippen LogP) is 2.85. The lowest BCUT2D eigenvalue weighted by Gasteiger charge is -2.09. The molecule has 0 fully saturated rings. The standard InChI is InChI=1S/C14H12ClNO5S/c1-21-10-3-5-11(6-4-10)22(19,20)16-9-2-7-12(14(17)18)13(15)8-9/h2-8,16H,1H3,(H,17,18). The maximum atomic E-state index is 12.2. The largest absolute Gasteiger partial charge is 0.497 e. The van der Waals surface area contributed by atoms with Crippen LogP contribution in [0.15, 0.2) is 47.4 Å². The smallest absolute Gasteiger partial charge is 0.337 e. The minimum Gasteiger partial charge on any atom is -0.497 e. The number of halogens is 1. The highest BCUT2D eigenvalue weighted by atomic mass is 35.5. The Morgan fingerprint density at radius 2 is 1.82 bits per heavy atom. The molecule has 0 unspecified atom stereocenters. The summed E-state index contributed by atoms with van der Waals surface area (Å²) in [5.41, 5.74) is 0.0693. The Hall–Kier alpha value is -2.25. The molecule has 116 valence electrons. The van der Waals surface area contributed by atoms with Crippen LogP contribution in [0.2, 0.25) is 5.02 Å². The second kappa shape index (κ2) is 6.25. The van der Waals surface area contributed by atoms with Crippen molar-refractivity contribution in [3.8, 4) is 5.75 Å². The molecule has 8 heteroatoms. The SMILES string of the molecule is COc1ccc(S(=O)(=O)Nc2ccc(C(=O)O)c(Cl)c2)cc1. The number of ether oxygens (including phenoxy) is 1. The van der Waals surface area contributed by atoms with Crippen LogP contribution in [0.1, 0.15) is 10.4 Å². The lowest BCUT2D eigenvalue weighted by Crippen LogP contribution is -2.13. The van der Waals surface area contributed by atoms with E-state index in [0.29, 0.717) is 5.75 Å². The summed E-state index contributed by atoms with van der Waals surface area (Å²) in [5.74, 6) is -0.651. The van der Waals surface area contributed by atoms with Crippen molar-refractivity contribution in [2.75, 3.05) is 11.8 Å². The number of anilines is 1. The molecule has 0 atom stereocenters. The van der Waals surface area contributed by atoms with E-state index in [4.69, 9.17) is 21.4 Å². The average molecular weight is 342 g/mol. The van der Waals surface area contributed by atoms with Crippen LogP contribution in [0, 0.1) is 0 Å². The number of carboxylic acid groups (broad SMARTS) is 1. The molecule has 2 aromatic rings. The molecule has 2 rings (SSSR count). The lowest BCUT2D eigenvalue weighted by atomic mass is 10.2. The van der Waals surface area contributed by atoms with Gasteiger partial charge in [0.25, 0.3) is 10.0 Å². The zero-order valence-corrected chi connectivity index (χ0v) is 13.0. The molecule has 22 heavy (non-hydrogen) atoms. The minimum atomic E-state index is -3.80. The quantitative estimate of drug-likeness (QED) is 0.872. The maximum absolute atomic E-state index is 12.2. The van der Waals surface area contributed by atoms with E-state index >= 15 is 0 Å². The highest BCUT2D eigenvalue weighted by Crippen LogP contribution is 2.24. The first-order valence-electron chi connectivity index (χ1n) is 6.03. The Balaban J connectivity index is 2.28. The van der Waals surface area contributed by atoms with Crippen LogP contribution >= 0.6 is 11.6 Å². The Bertz CT molecular complexity index is 802. The Morgan fingerprint density at radius 3 is 2.32 bits per heavy atom. The molecule has 6 nitrogen and oxygen atoms in total. The second-order valence-corrected chi connectivity index (χ2v) is 6.37. The number of sulfonamides is 1. The highest BCUT2D eigenvalue weighted by Gasteiger charge is 2.16. The number of carboxylic acids is 1. The first-order valence-corrected chi connectivity index (χ1v) is 7.89.